The summed E-state index contributed by atoms with van der Waals surface area (Å²) in [4.78, 5) is 0. The summed E-state index contributed by atoms with van der Waals surface area (Å²) in [7, 11) is 0. The van der Waals surface area contributed by atoms with E-state index in [0.29, 0.717) is 16.5 Å². The van der Waals surface area contributed by atoms with Gasteiger partial charge in [-0.05, 0) is 31.0 Å². The van der Waals surface area contributed by atoms with E-state index >= 15 is 0 Å². The highest BCUT2D eigenvalue weighted by atomic mass is 79.9. The molecule has 0 aliphatic rings. The maximum absolute atomic E-state index is 12.8. The van der Waals surface area contributed by atoms with Crippen molar-refractivity contribution in [3.8, 4) is 0 Å². The van der Waals surface area contributed by atoms with Gasteiger partial charge in [-0.1, -0.05) is 15.9 Å². The van der Waals surface area contributed by atoms with Crippen LogP contribution in [-0.2, 0) is 6.42 Å². The molecule has 0 saturated carbocycles. The molecule has 1 atom stereocenters. The fraction of sp³-hybridized carbons (Fsp3) is 0.333. The molecule has 0 fully saturated rings. The first-order valence-corrected chi connectivity index (χ1v) is 4.69. The van der Waals surface area contributed by atoms with E-state index in [1.165, 1.54) is 6.07 Å². The quantitative estimate of drug-likeness (QED) is 0.802. The topological polar surface area (TPSA) is 26.0 Å². The summed E-state index contributed by atoms with van der Waals surface area (Å²) < 4.78 is 26.0. The molecule has 0 radical (unpaired) electrons. The molecule has 0 saturated heterocycles. The summed E-state index contributed by atoms with van der Waals surface area (Å²) in [6.45, 7) is 1.81. The summed E-state index contributed by atoms with van der Waals surface area (Å²) in [5, 5.41) is 0. The van der Waals surface area contributed by atoms with Crippen LogP contribution in [0.2, 0.25) is 0 Å². The van der Waals surface area contributed by atoms with Gasteiger partial charge < -0.3 is 5.73 Å². The first-order chi connectivity index (χ1) is 6.00. The minimum Gasteiger partial charge on any atom is -0.328 e. The van der Waals surface area contributed by atoms with Crippen LogP contribution in [0.5, 0.6) is 0 Å². The van der Waals surface area contributed by atoms with Crippen molar-refractivity contribution in [2.24, 2.45) is 5.73 Å². The van der Waals surface area contributed by atoms with E-state index in [1.807, 2.05) is 6.92 Å². The Labute approximate surface area is 84.1 Å². The molecule has 0 amide bonds. The highest BCUT2D eigenvalue weighted by Crippen LogP contribution is 2.21. The monoisotopic (exact) mass is 249 g/mol. The van der Waals surface area contributed by atoms with Crippen molar-refractivity contribution < 1.29 is 8.78 Å². The molecule has 0 heterocycles. The van der Waals surface area contributed by atoms with E-state index in [1.54, 1.807) is 0 Å². The van der Waals surface area contributed by atoms with Crippen LogP contribution in [0.3, 0.4) is 0 Å². The predicted molar refractivity (Wildman–Crippen MR) is 51.4 cm³/mol. The summed E-state index contributed by atoms with van der Waals surface area (Å²) >= 11 is 3.15. The fourth-order valence-electron chi connectivity index (χ4n) is 1.07. The number of nitrogens with two attached hydrogens (primary N) is 1. The van der Waals surface area contributed by atoms with Crippen molar-refractivity contribution in [1.29, 1.82) is 0 Å². The Morgan fingerprint density at radius 1 is 1.38 bits per heavy atom. The molecular weight excluding hydrogens is 240 g/mol. The highest BCUT2D eigenvalue weighted by molar-refractivity contribution is 9.10. The van der Waals surface area contributed by atoms with Gasteiger partial charge in [-0.25, -0.2) is 8.78 Å². The minimum atomic E-state index is -0.847. The van der Waals surface area contributed by atoms with Crippen molar-refractivity contribution in [3.63, 3.8) is 0 Å². The Hall–Kier alpha value is -0.480. The van der Waals surface area contributed by atoms with Gasteiger partial charge in [0.15, 0.2) is 11.6 Å². The van der Waals surface area contributed by atoms with Crippen LogP contribution in [-0.4, -0.2) is 6.04 Å². The number of rotatable bonds is 2. The first-order valence-electron chi connectivity index (χ1n) is 3.89. The van der Waals surface area contributed by atoms with Gasteiger partial charge in [-0.3, -0.25) is 0 Å². The zero-order chi connectivity index (χ0) is 10.0. The molecule has 0 aliphatic heterocycles. The van der Waals surface area contributed by atoms with Gasteiger partial charge in [0.2, 0.25) is 0 Å². The molecule has 0 bridgehead atoms. The average Bonchev–Trinajstić information content (AvgIpc) is 1.99. The molecule has 1 rings (SSSR count). The lowest BCUT2D eigenvalue weighted by molar-refractivity contribution is 0.505. The Balaban J connectivity index is 3.01. The molecule has 0 spiro atoms. The number of halogens is 3. The summed E-state index contributed by atoms with van der Waals surface area (Å²) in [6, 6.07) is 2.22. The third kappa shape index (κ3) is 2.74. The van der Waals surface area contributed by atoms with Gasteiger partial charge in [-0.15, -0.1) is 0 Å². The van der Waals surface area contributed by atoms with E-state index in [9.17, 15) is 8.78 Å². The van der Waals surface area contributed by atoms with Crippen molar-refractivity contribution in [2.45, 2.75) is 19.4 Å². The molecule has 0 aromatic heterocycles. The van der Waals surface area contributed by atoms with E-state index in [4.69, 9.17) is 5.73 Å². The molecule has 1 aromatic rings. The summed E-state index contributed by atoms with van der Waals surface area (Å²) in [5.74, 6) is -1.68. The lowest BCUT2D eigenvalue weighted by atomic mass is 10.1. The van der Waals surface area contributed by atoms with E-state index in [2.05, 4.69) is 15.9 Å². The SMILES string of the molecule is C[C@@H](N)Cc1cc(F)c(F)cc1Br. The second-order valence-corrected chi connectivity index (χ2v) is 3.89. The zero-order valence-corrected chi connectivity index (χ0v) is 8.74. The second-order valence-electron chi connectivity index (χ2n) is 3.04. The third-order valence-electron chi connectivity index (χ3n) is 1.63. The highest BCUT2D eigenvalue weighted by Gasteiger charge is 2.08. The van der Waals surface area contributed by atoms with Gasteiger partial charge in [0.05, 0.1) is 0 Å². The number of hydrogen-bond donors (Lipinski definition) is 1. The zero-order valence-electron chi connectivity index (χ0n) is 7.15. The number of benzene rings is 1. The van der Waals surface area contributed by atoms with Crippen LogP contribution in [0.1, 0.15) is 12.5 Å². The van der Waals surface area contributed by atoms with E-state index < -0.39 is 11.6 Å². The van der Waals surface area contributed by atoms with Crippen LogP contribution in [0.4, 0.5) is 8.78 Å². The Morgan fingerprint density at radius 3 is 2.46 bits per heavy atom. The fourth-order valence-corrected chi connectivity index (χ4v) is 1.54. The van der Waals surface area contributed by atoms with Crippen molar-refractivity contribution in [2.75, 3.05) is 0 Å². The van der Waals surface area contributed by atoms with Crippen molar-refractivity contribution >= 4 is 15.9 Å². The molecule has 13 heavy (non-hydrogen) atoms. The predicted octanol–water partition coefficient (Wildman–Crippen LogP) is 2.62. The Kier molecular flexibility index (Phi) is 3.39. The lowest BCUT2D eigenvalue weighted by Gasteiger charge is -2.07. The van der Waals surface area contributed by atoms with Gasteiger partial charge >= 0.3 is 0 Å². The van der Waals surface area contributed by atoms with Crippen molar-refractivity contribution in [1.82, 2.24) is 0 Å². The standard InChI is InChI=1S/C9H10BrF2N/c1-5(13)2-6-3-8(11)9(12)4-7(6)10/h3-5H,2,13H2,1H3/t5-/m1/s1. The molecule has 72 valence electrons. The summed E-state index contributed by atoms with van der Waals surface area (Å²) in [5.41, 5.74) is 6.23. The third-order valence-corrected chi connectivity index (χ3v) is 2.37. The molecular formula is C9H10BrF2N. The largest absolute Gasteiger partial charge is 0.328 e. The van der Waals surface area contributed by atoms with Gasteiger partial charge in [0, 0.05) is 10.5 Å². The number of hydrogen-bond acceptors (Lipinski definition) is 1. The maximum Gasteiger partial charge on any atom is 0.159 e. The Morgan fingerprint density at radius 2 is 1.92 bits per heavy atom. The molecule has 2 N–H and O–H groups in total. The lowest BCUT2D eigenvalue weighted by Crippen LogP contribution is -2.18. The van der Waals surface area contributed by atoms with Gasteiger partial charge in [-0.2, -0.15) is 0 Å². The second kappa shape index (κ2) is 4.15. The smallest absolute Gasteiger partial charge is 0.159 e. The first kappa shape index (κ1) is 10.6. The average molecular weight is 250 g/mol. The molecule has 0 unspecified atom stereocenters. The van der Waals surface area contributed by atoms with Crippen molar-refractivity contribution in [3.05, 3.63) is 33.8 Å². The normalized spacial score (nSPS) is 13.0. The van der Waals surface area contributed by atoms with E-state index in [0.717, 1.165) is 6.07 Å². The minimum absolute atomic E-state index is 0.0684. The van der Waals surface area contributed by atoms with E-state index in [-0.39, 0.29) is 6.04 Å². The van der Waals surface area contributed by atoms with Crippen LogP contribution in [0.15, 0.2) is 16.6 Å². The summed E-state index contributed by atoms with van der Waals surface area (Å²) in [6.07, 6.45) is 0.526. The molecule has 0 aliphatic carbocycles. The van der Waals surface area contributed by atoms with Gasteiger partial charge in [0.1, 0.15) is 0 Å². The molecule has 4 heteroatoms. The van der Waals surface area contributed by atoms with Crippen LogP contribution < -0.4 is 5.73 Å². The van der Waals surface area contributed by atoms with Gasteiger partial charge in [0.25, 0.3) is 0 Å². The molecule has 1 aromatic carbocycles. The molecule has 1 nitrogen and oxygen atoms in total. The van der Waals surface area contributed by atoms with Crippen LogP contribution >= 0.6 is 15.9 Å². The van der Waals surface area contributed by atoms with Crippen LogP contribution in [0, 0.1) is 11.6 Å². The Bertz CT molecular complexity index is 313. The van der Waals surface area contributed by atoms with Crippen LogP contribution in [0.25, 0.3) is 0 Å². The maximum atomic E-state index is 12.8.